The molecule has 142 valence electrons. The summed E-state index contributed by atoms with van der Waals surface area (Å²) in [6.45, 7) is 0. The van der Waals surface area contributed by atoms with Gasteiger partial charge in [-0.15, -0.1) is 0 Å². The molecular weight excluding hydrogens is 364 g/mol. The second-order valence-corrected chi connectivity index (χ2v) is 5.94. The van der Waals surface area contributed by atoms with Gasteiger partial charge < -0.3 is 15.5 Å². The van der Waals surface area contributed by atoms with E-state index in [1.807, 2.05) is 67.5 Å². The van der Waals surface area contributed by atoms with Gasteiger partial charge in [0.1, 0.15) is 5.82 Å². The summed E-state index contributed by atoms with van der Waals surface area (Å²) in [5.41, 5.74) is 3.11. The summed E-state index contributed by atoms with van der Waals surface area (Å²) in [5, 5.41) is 10.4. The van der Waals surface area contributed by atoms with Crippen molar-refractivity contribution < 1.29 is 8.42 Å². The quantitative estimate of drug-likeness (QED) is 0.498. The monoisotopic (exact) mass is 386 g/mol. The molecule has 8 nitrogen and oxygen atoms in total. The fourth-order valence-electron chi connectivity index (χ4n) is 2.23. The van der Waals surface area contributed by atoms with E-state index in [0.717, 1.165) is 22.9 Å². The summed E-state index contributed by atoms with van der Waals surface area (Å²) in [6, 6.07) is 20.0. The molecule has 0 aliphatic rings. The minimum absolute atomic E-state index is 0.576. The predicted molar refractivity (Wildman–Crippen MR) is 110 cm³/mol. The van der Waals surface area contributed by atoms with Gasteiger partial charge in [-0.3, -0.25) is 0 Å². The minimum atomic E-state index is -2.62. The molecule has 3 aromatic rings. The highest BCUT2D eigenvalue weighted by atomic mass is 32.2. The van der Waals surface area contributed by atoms with Gasteiger partial charge in [0.05, 0.1) is 0 Å². The average molecular weight is 386 g/mol. The molecule has 0 fully saturated rings. The molecule has 0 saturated carbocycles. The van der Waals surface area contributed by atoms with Gasteiger partial charge in [-0.25, -0.2) is 18.5 Å². The number of nitrogens with one attached hydrogen (secondary N) is 2. The second-order valence-electron chi connectivity index (χ2n) is 5.37. The highest BCUT2D eigenvalue weighted by molar-refractivity contribution is 7.69. The molecule has 9 heteroatoms. The third kappa shape index (κ3) is 6.57. The Labute approximate surface area is 160 Å². The number of nitrogens with two attached hydrogens (primary N) is 1. The maximum Gasteiger partial charge on any atom is 0.229 e. The van der Waals surface area contributed by atoms with Gasteiger partial charge in [0, 0.05) is 37.4 Å². The predicted octanol–water partition coefficient (Wildman–Crippen LogP) is 2.50. The molecule has 1 heterocycles. The first-order chi connectivity index (χ1) is 13.0. The Kier molecular flexibility index (Phi) is 7.53. The van der Waals surface area contributed by atoms with Gasteiger partial charge in [-0.1, -0.05) is 18.2 Å². The smallest absolute Gasteiger partial charge is 0.229 e. The maximum atomic E-state index is 8.81. The number of benzene rings is 2. The topological polar surface area (TPSA) is 113 Å². The number of hydrogen-bond acceptors (Lipinski definition) is 7. The summed E-state index contributed by atoms with van der Waals surface area (Å²) >= 11 is 0. The van der Waals surface area contributed by atoms with Crippen molar-refractivity contribution in [2.75, 3.05) is 29.6 Å². The number of para-hydroxylation sites is 1. The van der Waals surface area contributed by atoms with E-state index < -0.39 is 10.9 Å². The van der Waals surface area contributed by atoms with Crippen LogP contribution in [0, 0.1) is 0 Å². The number of hydrogen-bond donors (Lipinski definition) is 4. The van der Waals surface area contributed by atoms with Crippen molar-refractivity contribution in [1.29, 1.82) is 0 Å². The molecule has 0 radical (unpaired) electrons. The lowest BCUT2D eigenvalue weighted by Gasteiger charge is -2.19. The Balaban J connectivity index is 0.000000596. The Hall–Kier alpha value is -3.17. The van der Waals surface area contributed by atoms with Gasteiger partial charge in [-0.05, 0) is 42.5 Å². The third-order valence-corrected chi connectivity index (χ3v) is 3.56. The Morgan fingerprint density at radius 3 is 2.19 bits per heavy atom. The maximum absolute atomic E-state index is 8.81. The Morgan fingerprint density at radius 1 is 0.963 bits per heavy atom. The van der Waals surface area contributed by atoms with E-state index >= 15 is 0 Å². The van der Waals surface area contributed by atoms with Crippen LogP contribution in [0.2, 0.25) is 0 Å². The van der Waals surface area contributed by atoms with Crippen molar-refractivity contribution in [2.24, 2.45) is 5.14 Å². The highest BCUT2D eigenvalue weighted by Gasteiger charge is 2.07. The zero-order valence-corrected chi connectivity index (χ0v) is 15.9. The molecule has 0 spiro atoms. The fraction of sp³-hybridized carbons (Fsp3) is 0.111. The standard InChI is InChI=1S/C18H19N5.H3NO2S/c1-19-14-8-10-16(11-9-14)23(2)17-12-13-20-18(22-17)21-15-6-4-3-5-7-15;1-4(2)3/h3-13,19H,1-2H3,(H,20,21,22);4H,(H2,1,2,3). The van der Waals surface area contributed by atoms with Crippen LogP contribution in [-0.4, -0.2) is 32.5 Å². The minimum Gasteiger partial charge on any atom is -0.388 e. The molecule has 0 amide bonds. The number of nitrogens with zero attached hydrogens (tertiary/aromatic N) is 3. The first-order valence-corrected chi connectivity index (χ1v) is 9.30. The molecule has 1 aromatic heterocycles. The van der Waals surface area contributed by atoms with E-state index in [0.29, 0.717) is 5.95 Å². The summed E-state index contributed by atoms with van der Waals surface area (Å²) in [5.74, 6) is 1.41. The highest BCUT2D eigenvalue weighted by Crippen LogP contribution is 2.24. The number of rotatable bonds is 5. The summed E-state index contributed by atoms with van der Waals surface area (Å²) in [7, 11) is 1.28. The van der Waals surface area contributed by atoms with Crippen LogP contribution in [0.25, 0.3) is 0 Å². The molecular formula is C18H22N6O2S. The van der Waals surface area contributed by atoms with Crippen LogP contribution in [0.4, 0.5) is 28.8 Å². The first kappa shape index (κ1) is 20.1. The van der Waals surface area contributed by atoms with E-state index in [-0.39, 0.29) is 0 Å². The Bertz CT molecular complexity index is 909. The lowest BCUT2D eigenvalue weighted by atomic mass is 10.2. The summed E-state index contributed by atoms with van der Waals surface area (Å²) < 4.78 is 17.6. The molecule has 3 rings (SSSR count). The van der Waals surface area contributed by atoms with E-state index in [4.69, 9.17) is 8.42 Å². The normalized spacial score (nSPS) is 9.93. The lowest BCUT2D eigenvalue weighted by Crippen LogP contribution is -2.12. The van der Waals surface area contributed by atoms with Crippen LogP contribution in [0.1, 0.15) is 0 Å². The first-order valence-electron chi connectivity index (χ1n) is 8.05. The van der Waals surface area contributed by atoms with Crippen molar-refractivity contribution >= 4 is 39.7 Å². The van der Waals surface area contributed by atoms with Gasteiger partial charge in [0.15, 0.2) is 10.9 Å². The van der Waals surface area contributed by atoms with E-state index in [9.17, 15) is 0 Å². The lowest BCUT2D eigenvalue weighted by molar-refractivity contribution is 0.616. The van der Waals surface area contributed by atoms with Crippen molar-refractivity contribution in [2.45, 2.75) is 0 Å². The fourth-order valence-corrected chi connectivity index (χ4v) is 2.23. The molecule has 4 N–H and O–H groups in total. The van der Waals surface area contributed by atoms with Crippen LogP contribution in [0.5, 0.6) is 0 Å². The number of thiol groups is 1. The summed E-state index contributed by atoms with van der Waals surface area (Å²) in [4.78, 5) is 10.9. The van der Waals surface area contributed by atoms with Crippen LogP contribution in [-0.2, 0) is 10.9 Å². The molecule has 0 bridgehead atoms. The van der Waals surface area contributed by atoms with E-state index in [1.54, 1.807) is 6.20 Å². The van der Waals surface area contributed by atoms with Crippen LogP contribution in [0.3, 0.4) is 0 Å². The van der Waals surface area contributed by atoms with Crippen molar-refractivity contribution in [3.63, 3.8) is 0 Å². The zero-order valence-electron chi connectivity index (χ0n) is 15.0. The van der Waals surface area contributed by atoms with Gasteiger partial charge in [0.2, 0.25) is 5.95 Å². The zero-order chi connectivity index (χ0) is 19.6. The molecule has 2 aromatic carbocycles. The van der Waals surface area contributed by atoms with Crippen LogP contribution >= 0.6 is 0 Å². The van der Waals surface area contributed by atoms with Crippen molar-refractivity contribution in [1.82, 2.24) is 9.97 Å². The molecule has 0 saturated heterocycles. The van der Waals surface area contributed by atoms with Gasteiger partial charge >= 0.3 is 0 Å². The van der Waals surface area contributed by atoms with Gasteiger partial charge in [-0.2, -0.15) is 4.98 Å². The largest absolute Gasteiger partial charge is 0.388 e. The Morgan fingerprint density at radius 2 is 1.59 bits per heavy atom. The van der Waals surface area contributed by atoms with Gasteiger partial charge in [0.25, 0.3) is 0 Å². The van der Waals surface area contributed by atoms with Crippen LogP contribution < -0.4 is 20.7 Å². The van der Waals surface area contributed by atoms with Crippen LogP contribution in [0.15, 0.2) is 66.9 Å². The number of aromatic nitrogens is 2. The molecule has 0 unspecified atom stereocenters. The number of anilines is 5. The third-order valence-electron chi connectivity index (χ3n) is 3.56. The van der Waals surface area contributed by atoms with E-state index in [1.165, 1.54) is 0 Å². The van der Waals surface area contributed by atoms with Crippen molar-refractivity contribution in [3.05, 3.63) is 66.9 Å². The molecule has 0 aliphatic heterocycles. The summed E-state index contributed by atoms with van der Waals surface area (Å²) in [6.07, 6.45) is 1.76. The molecule has 0 aliphatic carbocycles. The average Bonchev–Trinajstić information content (AvgIpc) is 2.68. The van der Waals surface area contributed by atoms with Crippen molar-refractivity contribution in [3.8, 4) is 0 Å². The molecule has 0 atom stereocenters. The second kappa shape index (κ2) is 10.1. The van der Waals surface area contributed by atoms with E-state index in [2.05, 4.69) is 37.9 Å². The SMILES string of the molecule is CNc1ccc(N(C)c2ccnc(Nc3ccccc3)n2)cc1.N[SH](=O)=O. The molecule has 27 heavy (non-hydrogen) atoms.